The first-order chi connectivity index (χ1) is 17.2. The van der Waals surface area contributed by atoms with E-state index in [9.17, 15) is 0 Å². The average Bonchev–Trinajstić information content (AvgIpc) is 2.92. The molecule has 1 saturated heterocycles. The molecule has 5 rings (SSSR count). The zero-order valence-electron chi connectivity index (χ0n) is 20.9. The first kappa shape index (κ1) is 23.8. The zero-order chi connectivity index (χ0) is 24.0. The molecular weight excluding hydrogens is 432 g/mol. The lowest BCUT2D eigenvalue weighted by atomic mass is 9.91. The van der Waals surface area contributed by atoms with E-state index in [0.717, 1.165) is 70.8 Å². The zero-order valence-corrected chi connectivity index (χ0v) is 20.9. The fourth-order valence-electron chi connectivity index (χ4n) is 5.57. The van der Waals surface area contributed by atoms with E-state index < -0.39 is 0 Å². The first-order valence-corrected chi connectivity index (χ1v) is 13.2. The number of aromatic nitrogens is 2. The van der Waals surface area contributed by atoms with Gasteiger partial charge in [0.25, 0.3) is 0 Å². The third-order valence-electron chi connectivity index (χ3n) is 7.59. The minimum Gasteiger partial charge on any atom is -0.369 e. The van der Waals surface area contributed by atoms with Gasteiger partial charge in [-0.2, -0.15) is 0 Å². The van der Waals surface area contributed by atoms with Crippen LogP contribution < -0.4 is 10.6 Å². The minimum absolute atomic E-state index is 0.402. The third-order valence-corrected chi connectivity index (χ3v) is 7.59. The van der Waals surface area contributed by atoms with E-state index in [4.69, 9.17) is 5.73 Å². The SMILES string of the molecule is CCCN(CCN1CCN(c2ccc(-c3ccccc3)cc2)CC1)C1CCc2nc(N)ncc2C1. The summed E-state index contributed by atoms with van der Waals surface area (Å²) in [4.78, 5) is 16.6. The van der Waals surface area contributed by atoms with Gasteiger partial charge in [-0.25, -0.2) is 9.97 Å². The predicted molar refractivity (Wildman–Crippen MR) is 145 cm³/mol. The van der Waals surface area contributed by atoms with Gasteiger partial charge in [-0.1, -0.05) is 49.4 Å². The Balaban J connectivity index is 1.12. The van der Waals surface area contributed by atoms with E-state index in [1.807, 2.05) is 6.20 Å². The van der Waals surface area contributed by atoms with Crippen LogP contribution in [0.2, 0.25) is 0 Å². The smallest absolute Gasteiger partial charge is 0.220 e. The average molecular weight is 471 g/mol. The second kappa shape index (κ2) is 11.2. The largest absolute Gasteiger partial charge is 0.369 e. The van der Waals surface area contributed by atoms with Gasteiger partial charge in [0.1, 0.15) is 0 Å². The molecule has 1 aliphatic heterocycles. The highest BCUT2D eigenvalue weighted by molar-refractivity contribution is 5.66. The summed E-state index contributed by atoms with van der Waals surface area (Å²) in [6.07, 6.45) is 6.35. The molecule has 0 amide bonds. The van der Waals surface area contributed by atoms with E-state index in [0.29, 0.717) is 12.0 Å². The van der Waals surface area contributed by atoms with Gasteiger partial charge in [0.05, 0.1) is 0 Å². The number of aryl methyl sites for hydroxylation is 1. The van der Waals surface area contributed by atoms with Crippen molar-refractivity contribution in [1.29, 1.82) is 0 Å². The highest BCUT2D eigenvalue weighted by Gasteiger charge is 2.26. The van der Waals surface area contributed by atoms with Crippen molar-refractivity contribution in [1.82, 2.24) is 19.8 Å². The van der Waals surface area contributed by atoms with Crippen LogP contribution in [-0.4, -0.2) is 71.6 Å². The van der Waals surface area contributed by atoms with Crippen LogP contribution in [0.3, 0.4) is 0 Å². The van der Waals surface area contributed by atoms with Crippen LogP contribution in [0.4, 0.5) is 11.6 Å². The topological polar surface area (TPSA) is 61.5 Å². The molecule has 184 valence electrons. The summed E-state index contributed by atoms with van der Waals surface area (Å²) in [5, 5.41) is 0. The van der Waals surface area contributed by atoms with Crippen LogP contribution in [0.5, 0.6) is 0 Å². The van der Waals surface area contributed by atoms with Gasteiger partial charge in [0.15, 0.2) is 0 Å². The summed E-state index contributed by atoms with van der Waals surface area (Å²) in [5.41, 5.74) is 12.1. The van der Waals surface area contributed by atoms with Crippen molar-refractivity contribution < 1.29 is 0 Å². The molecule has 1 fully saturated rings. The van der Waals surface area contributed by atoms with E-state index in [-0.39, 0.29) is 0 Å². The normalized spacial score (nSPS) is 18.6. The van der Waals surface area contributed by atoms with Gasteiger partial charge < -0.3 is 10.6 Å². The Labute approximate surface area is 209 Å². The van der Waals surface area contributed by atoms with E-state index >= 15 is 0 Å². The van der Waals surface area contributed by atoms with Gasteiger partial charge in [0, 0.05) is 62.9 Å². The second-order valence-electron chi connectivity index (χ2n) is 9.87. The molecule has 0 radical (unpaired) electrons. The molecule has 2 heterocycles. The molecule has 1 unspecified atom stereocenters. The number of hydrogen-bond donors (Lipinski definition) is 1. The van der Waals surface area contributed by atoms with Gasteiger partial charge in [-0.05, 0) is 61.1 Å². The van der Waals surface area contributed by atoms with Crippen molar-refractivity contribution in [2.24, 2.45) is 0 Å². The molecule has 1 aliphatic carbocycles. The molecule has 2 N–H and O–H groups in total. The first-order valence-electron chi connectivity index (χ1n) is 13.2. The molecule has 0 bridgehead atoms. The van der Waals surface area contributed by atoms with Crippen LogP contribution in [0.15, 0.2) is 60.8 Å². The molecule has 2 aliphatic rings. The number of anilines is 2. The number of rotatable bonds is 8. The van der Waals surface area contributed by atoms with Crippen LogP contribution in [0.25, 0.3) is 11.1 Å². The van der Waals surface area contributed by atoms with E-state index in [1.54, 1.807) is 0 Å². The summed E-state index contributed by atoms with van der Waals surface area (Å²) in [6, 6.07) is 20.2. The molecular formula is C29H38N6. The number of piperazine rings is 1. The van der Waals surface area contributed by atoms with Crippen molar-refractivity contribution in [3.63, 3.8) is 0 Å². The maximum absolute atomic E-state index is 5.79. The summed E-state index contributed by atoms with van der Waals surface area (Å²) in [7, 11) is 0. The highest BCUT2D eigenvalue weighted by Crippen LogP contribution is 2.25. The van der Waals surface area contributed by atoms with E-state index in [2.05, 4.69) is 86.2 Å². The maximum atomic E-state index is 5.79. The quantitative estimate of drug-likeness (QED) is 0.534. The fourth-order valence-corrected chi connectivity index (χ4v) is 5.57. The fraction of sp³-hybridized carbons (Fsp3) is 0.448. The predicted octanol–water partition coefficient (Wildman–Crippen LogP) is 4.12. The maximum Gasteiger partial charge on any atom is 0.220 e. The monoisotopic (exact) mass is 470 g/mol. The lowest BCUT2D eigenvalue weighted by Crippen LogP contribution is -2.50. The highest BCUT2D eigenvalue weighted by atomic mass is 15.3. The van der Waals surface area contributed by atoms with Gasteiger partial charge >= 0.3 is 0 Å². The third kappa shape index (κ3) is 5.82. The van der Waals surface area contributed by atoms with Gasteiger partial charge in [-0.15, -0.1) is 0 Å². The number of nitrogens with two attached hydrogens (primary N) is 1. The van der Waals surface area contributed by atoms with Crippen LogP contribution in [-0.2, 0) is 12.8 Å². The molecule has 2 aromatic carbocycles. The summed E-state index contributed by atoms with van der Waals surface area (Å²) in [5.74, 6) is 0.402. The van der Waals surface area contributed by atoms with Crippen molar-refractivity contribution in [2.45, 2.75) is 38.6 Å². The Morgan fingerprint density at radius 2 is 1.69 bits per heavy atom. The Bertz CT molecular complexity index is 1080. The van der Waals surface area contributed by atoms with Gasteiger partial charge in [-0.3, -0.25) is 9.80 Å². The molecule has 6 heteroatoms. The number of nitrogen functional groups attached to an aromatic ring is 1. The standard InChI is InChI=1S/C29H38N6/c1-2-14-34(27-12-13-28-25(21-27)22-31-29(30)32-28)18-15-33-16-19-35(20-17-33)26-10-8-24(9-11-26)23-6-4-3-5-7-23/h3-11,22,27H,2,12-21H2,1H3,(H2,30,31,32). The number of nitrogens with zero attached hydrogens (tertiary/aromatic N) is 5. The second-order valence-corrected chi connectivity index (χ2v) is 9.87. The Kier molecular flexibility index (Phi) is 7.60. The van der Waals surface area contributed by atoms with Crippen LogP contribution in [0.1, 0.15) is 31.0 Å². The molecule has 1 atom stereocenters. The lowest BCUT2D eigenvalue weighted by Gasteiger charge is -2.39. The molecule has 3 aromatic rings. The van der Waals surface area contributed by atoms with Crippen molar-refractivity contribution in [2.75, 3.05) is 56.4 Å². The number of hydrogen-bond acceptors (Lipinski definition) is 6. The summed E-state index contributed by atoms with van der Waals surface area (Å²) >= 11 is 0. The lowest BCUT2D eigenvalue weighted by molar-refractivity contribution is 0.145. The number of fused-ring (bicyclic) bond motifs is 1. The van der Waals surface area contributed by atoms with Crippen LogP contribution in [0, 0.1) is 0 Å². The van der Waals surface area contributed by atoms with Crippen molar-refractivity contribution in [3.05, 3.63) is 72.1 Å². The molecule has 0 spiro atoms. The molecule has 35 heavy (non-hydrogen) atoms. The molecule has 6 nitrogen and oxygen atoms in total. The van der Waals surface area contributed by atoms with Crippen molar-refractivity contribution in [3.8, 4) is 11.1 Å². The Morgan fingerprint density at radius 3 is 2.43 bits per heavy atom. The minimum atomic E-state index is 0.402. The van der Waals surface area contributed by atoms with Crippen LogP contribution >= 0.6 is 0 Å². The van der Waals surface area contributed by atoms with E-state index in [1.165, 1.54) is 28.8 Å². The molecule has 1 aromatic heterocycles. The summed E-state index contributed by atoms with van der Waals surface area (Å²) in [6.45, 7) is 10.2. The number of benzene rings is 2. The Hall–Kier alpha value is -2.96. The Morgan fingerprint density at radius 1 is 0.943 bits per heavy atom. The summed E-state index contributed by atoms with van der Waals surface area (Å²) < 4.78 is 0. The van der Waals surface area contributed by atoms with Crippen molar-refractivity contribution >= 4 is 11.6 Å². The van der Waals surface area contributed by atoms with Gasteiger partial charge in [0.2, 0.25) is 5.95 Å². The molecule has 0 saturated carbocycles.